The smallest absolute Gasteiger partial charge is 0.180 e. The highest BCUT2D eigenvalue weighted by Gasteiger charge is 2.11. The Morgan fingerprint density at radius 2 is 2.00 bits per heavy atom. The fraction of sp³-hybridized carbons (Fsp3) is 0.308. The molecule has 0 aromatic carbocycles. The van der Waals surface area contributed by atoms with Crippen molar-refractivity contribution in [3.63, 3.8) is 0 Å². The molecule has 2 N–H and O–H groups in total. The van der Waals surface area contributed by atoms with Gasteiger partial charge in [-0.2, -0.15) is 0 Å². The fourth-order valence-electron chi connectivity index (χ4n) is 1.75. The number of aryl methyl sites for hydroxylation is 2. The number of hydrogen-bond acceptors (Lipinski definition) is 4. The minimum absolute atomic E-state index is 0.539. The highest BCUT2D eigenvalue weighted by atomic mass is 15.0. The van der Waals surface area contributed by atoms with Crippen molar-refractivity contribution in [1.29, 1.82) is 0 Å². The summed E-state index contributed by atoms with van der Waals surface area (Å²) in [5, 5.41) is 0. The quantitative estimate of drug-likeness (QED) is 0.856. The van der Waals surface area contributed by atoms with Crippen LogP contribution in [0.2, 0.25) is 0 Å². The van der Waals surface area contributed by atoms with Crippen LogP contribution in [0.3, 0.4) is 0 Å². The summed E-state index contributed by atoms with van der Waals surface area (Å²) in [5.74, 6) is 1.15. The van der Waals surface area contributed by atoms with Crippen LogP contribution in [-0.4, -0.2) is 15.0 Å². The van der Waals surface area contributed by atoms with Gasteiger partial charge in [-0.15, -0.1) is 0 Å². The average molecular weight is 228 g/mol. The molecule has 0 saturated heterocycles. The zero-order chi connectivity index (χ0) is 12.4. The van der Waals surface area contributed by atoms with Crippen molar-refractivity contribution in [1.82, 2.24) is 15.0 Å². The molecule has 4 nitrogen and oxygen atoms in total. The molecular formula is C13H16N4. The highest BCUT2D eigenvalue weighted by Crippen LogP contribution is 2.21. The van der Waals surface area contributed by atoms with Crippen LogP contribution in [0.1, 0.15) is 23.7 Å². The third-order valence-electron chi connectivity index (χ3n) is 2.84. The Balaban J connectivity index is 2.61. The Morgan fingerprint density at radius 1 is 1.24 bits per heavy atom. The van der Waals surface area contributed by atoms with Gasteiger partial charge in [0.2, 0.25) is 0 Å². The van der Waals surface area contributed by atoms with Crippen LogP contribution in [0, 0.1) is 13.8 Å². The van der Waals surface area contributed by atoms with E-state index in [0.717, 1.165) is 28.9 Å². The van der Waals surface area contributed by atoms with E-state index in [1.807, 2.05) is 26.0 Å². The van der Waals surface area contributed by atoms with Crippen LogP contribution < -0.4 is 5.73 Å². The minimum Gasteiger partial charge on any atom is -0.383 e. The molecule has 0 atom stereocenters. The van der Waals surface area contributed by atoms with Crippen molar-refractivity contribution in [2.24, 2.45) is 0 Å². The molecule has 0 spiro atoms. The molecule has 0 aliphatic rings. The van der Waals surface area contributed by atoms with Crippen LogP contribution in [-0.2, 0) is 6.42 Å². The third-order valence-corrected chi connectivity index (χ3v) is 2.84. The van der Waals surface area contributed by atoms with Gasteiger partial charge in [0.1, 0.15) is 11.5 Å². The predicted octanol–water partition coefficient (Wildman–Crippen LogP) is 2.30. The zero-order valence-electron chi connectivity index (χ0n) is 10.4. The number of hydrogen-bond donors (Lipinski definition) is 1. The van der Waals surface area contributed by atoms with Gasteiger partial charge in [-0.3, -0.25) is 4.98 Å². The van der Waals surface area contributed by atoms with Gasteiger partial charge in [-0.1, -0.05) is 13.0 Å². The van der Waals surface area contributed by atoms with Crippen molar-refractivity contribution in [2.45, 2.75) is 27.2 Å². The molecule has 0 bridgehead atoms. The van der Waals surface area contributed by atoms with Gasteiger partial charge in [0.15, 0.2) is 5.82 Å². The SMILES string of the molecule is CCc1nc(-c2ncccc2C)nc(N)c1C. The van der Waals surface area contributed by atoms with E-state index in [0.29, 0.717) is 11.6 Å². The predicted molar refractivity (Wildman–Crippen MR) is 68.5 cm³/mol. The van der Waals surface area contributed by atoms with E-state index in [1.165, 1.54) is 0 Å². The second kappa shape index (κ2) is 4.49. The summed E-state index contributed by atoms with van der Waals surface area (Å²) in [4.78, 5) is 13.2. The second-order valence-electron chi connectivity index (χ2n) is 4.03. The first-order chi connectivity index (χ1) is 8.13. The highest BCUT2D eigenvalue weighted by molar-refractivity contribution is 5.58. The number of aromatic nitrogens is 3. The van der Waals surface area contributed by atoms with E-state index in [-0.39, 0.29) is 0 Å². The summed E-state index contributed by atoms with van der Waals surface area (Å²) in [6, 6.07) is 3.89. The lowest BCUT2D eigenvalue weighted by Crippen LogP contribution is -2.05. The van der Waals surface area contributed by atoms with Crippen molar-refractivity contribution in [3.8, 4) is 11.5 Å². The molecule has 0 aliphatic carbocycles. The van der Waals surface area contributed by atoms with Crippen LogP contribution in [0.4, 0.5) is 5.82 Å². The molecule has 0 saturated carbocycles. The minimum atomic E-state index is 0.539. The monoisotopic (exact) mass is 228 g/mol. The number of rotatable bonds is 2. The standard InChI is InChI=1S/C13H16N4/c1-4-10-9(3)12(14)17-13(16-10)11-8(2)6-5-7-15-11/h5-7H,4H2,1-3H3,(H2,14,16,17). The normalized spacial score (nSPS) is 10.5. The summed E-state index contributed by atoms with van der Waals surface area (Å²) >= 11 is 0. The van der Waals surface area contributed by atoms with E-state index < -0.39 is 0 Å². The van der Waals surface area contributed by atoms with Crippen LogP contribution in [0.5, 0.6) is 0 Å². The maximum absolute atomic E-state index is 5.91. The van der Waals surface area contributed by atoms with Crippen LogP contribution in [0.15, 0.2) is 18.3 Å². The summed E-state index contributed by atoms with van der Waals surface area (Å²) in [7, 11) is 0. The van der Waals surface area contributed by atoms with E-state index in [2.05, 4.69) is 21.9 Å². The molecule has 0 aliphatic heterocycles. The lowest BCUT2D eigenvalue weighted by atomic mass is 10.1. The molecule has 2 aromatic rings. The lowest BCUT2D eigenvalue weighted by molar-refractivity contribution is 0.974. The molecular weight excluding hydrogens is 212 g/mol. The molecule has 4 heteroatoms. The molecule has 0 unspecified atom stereocenters. The van der Waals surface area contributed by atoms with Gasteiger partial charge in [-0.25, -0.2) is 9.97 Å². The van der Waals surface area contributed by atoms with Gasteiger partial charge < -0.3 is 5.73 Å². The van der Waals surface area contributed by atoms with Gasteiger partial charge in [0, 0.05) is 17.5 Å². The average Bonchev–Trinajstić information content (AvgIpc) is 2.33. The van der Waals surface area contributed by atoms with Crippen LogP contribution in [0.25, 0.3) is 11.5 Å². The Bertz CT molecular complexity index is 549. The number of anilines is 1. The number of nitrogen functional groups attached to an aromatic ring is 1. The molecule has 88 valence electrons. The van der Waals surface area contributed by atoms with E-state index in [9.17, 15) is 0 Å². The Labute approximate surface area is 101 Å². The largest absolute Gasteiger partial charge is 0.383 e. The van der Waals surface area contributed by atoms with E-state index in [4.69, 9.17) is 5.73 Å². The summed E-state index contributed by atoms with van der Waals surface area (Å²) in [5.41, 5.74) is 9.71. The first kappa shape index (κ1) is 11.5. The summed E-state index contributed by atoms with van der Waals surface area (Å²) < 4.78 is 0. The van der Waals surface area contributed by atoms with Gasteiger partial charge in [0.25, 0.3) is 0 Å². The molecule has 2 heterocycles. The maximum atomic E-state index is 5.91. The van der Waals surface area contributed by atoms with Crippen molar-refractivity contribution in [3.05, 3.63) is 35.2 Å². The molecule has 2 aromatic heterocycles. The molecule has 0 amide bonds. The number of pyridine rings is 1. The number of nitrogens with zero attached hydrogens (tertiary/aromatic N) is 3. The molecule has 0 fully saturated rings. The van der Waals surface area contributed by atoms with Gasteiger partial charge in [0.05, 0.1) is 0 Å². The summed E-state index contributed by atoms with van der Waals surface area (Å²) in [6.07, 6.45) is 2.59. The molecule has 17 heavy (non-hydrogen) atoms. The Kier molecular flexibility index (Phi) is 3.04. The van der Waals surface area contributed by atoms with E-state index in [1.54, 1.807) is 6.20 Å². The first-order valence-electron chi connectivity index (χ1n) is 5.68. The molecule has 2 rings (SSSR count). The Hall–Kier alpha value is -1.97. The second-order valence-corrected chi connectivity index (χ2v) is 4.03. The zero-order valence-corrected chi connectivity index (χ0v) is 10.4. The maximum Gasteiger partial charge on any atom is 0.180 e. The summed E-state index contributed by atoms with van der Waals surface area (Å²) in [6.45, 7) is 6.00. The van der Waals surface area contributed by atoms with Crippen molar-refractivity contribution in [2.75, 3.05) is 5.73 Å². The number of nitrogens with two attached hydrogens (primary N) is 1. The van der Waals surface area contributed by atoms with Gasteiger partial charge in [-0.05, 0) is 31.9 Å². The van der Waals surface area contributed by atoms with Gasteiger partial charge >= 0.3 is 0 Å². The first-order valence-corrected chi connectivity index (χ1v) is 5.68. The fourth-order valence-corrected chi connectivity index (χ4v) is 1.75. The van der Waals surface area contributed by atoms with Crippen molar-refractivity contribution < 1.29 is 0 Å². The Morgan fingerprint density at radius 3 is 2.65 bits per heavy atom. The van der Waals surface area contributed by atoms with Crippen molar-refractivity contribution >= 4 is 5.82 Å². The molecule has 0 radical (unpaired) electrons. The van der Waals surface area contributed by atoms with Crippen LogP contribution >= 0.6 is 0 Å². The topological polar surface area (TPSA) is 64.7 Å². The third kappa shape index (κ3) is 2.11. The lowest BCUT2D eigenvalue weighted by Gasteiger charge is -2.09. The van der Waals surface area contributed by atoms with E-state index >= 15 is 0 Å².